The molecule has 112 valence electrons. The largest absolute Gasteiger partial charge is 0.478 e. The van der Waals surface area contributed by atoms with Crippen LogP contribution in [0.25, 0.3) is 0 Å². The quantitative estimate of drug-likeness (QED) is 0.634. The van der Waals surface area contributed by atoms with E-state index in [2.05, 4.69) is 6.92 Å². The van der Waals surface area contributed by atoms with E-state index in [1.807, 2.05) is 0 Å². The van der Waals surface area contributed by atoms with Gasteiger partial charge in [-0.05, 0) is 50.4 Å². The Kier molecular flexibility index (Phi) is 4.84. The van der Waals surface area contributed by atoms with Gasteiger partial charge in [-0.3, -0.25) is 0 Å². The van der Waals surface area contributed by atoms with Crippen molar-refractivity contribution in [2.24, 2.45) is 11.8 Å². The van der Waals surface area contributed by atoms with Crippen molar-refractivity contribution in [3.63, 3.8) is 0 Å². The van der Waals surface area contributed by atoms with E-state index in [0.29, 0.717) is 5.92 Å². The number of carbonyl (C=O) groups is 2. The van der Waals surface area contributed by atoms with Gasteiger partial charge in [-0.2, -0.15) is 0 Å². The van der Waals surface area contributed by atoms with Crippen molar-refractivity contribution >= 4 is 11.9 Å². The molecule has 1 N–H and O–H groups in total. The first-order valence-corrected chi connectivity index (χ1v) is 7.66. The molecule has 0 atom stereocenters. The third-order valence-corrected chi connectivity index (χ3v) is 4.88. The number of hydrogen-bond donors (Lipinski definition) is 1. The summed E-state index contributed by atoms with van der Waals surface area (Å²) in [4.78, 5) is 22.3. The molecule has 4 heteroatoms. The van der Waals surface area contributed by atoms with Crippen LogP contribution in [0.15, 0.2) is 12.2 Å². The van der Waals surface area contributed by atoms with E-state index in [0.717, 1.165) is 56.6 Å². The first kappa shape index (κ1) is 15.1. The molecule has 0 aliphatic heterocycles. The van der Waals surface area contributed by atoms with Crippen LogP contribution in [0.2, 0.25) is 0 Å². The lowest BCUT2D eigenvalue weighted by Crippen LogP contribution is -2.41. The second-order valence-electron chi connectivity index (χ2n) is 6.32. The number of aliphatic carboxylic acids is 1. The van der Waals surface area contributed by atoms with E-state index in [4.69, 9.17) is 9.84 Å². The summed E-state index contributed by atoms with van der Waals surface area (Å²) in [6.45, 7) is 2.28. The Balaban J connectivity index is 2.02. The third-order valence-electron chi connectivity index (χ3n) is 4.88. The van der Waals surface area contributed by atoms with Crippen molar-refractivity contribution < 1.29 is 19.4 Å². The number of carbonyl (C=O) groups excluding carboxylic acids is 1. The molecule has 0 aromatic carbocycles. The van der Waals surface area contributed by atoms with Gasteiger partial charge in [0.15, 0.2) is 0 Å². The Bertz CT molecular complexity index is 385. The number of carboxylic acids is 1. The maximum atomic E-state index is 11.8. The Hall–Kier alpha value is -1.32. The van der Waals surface area contributed by atoms with E-state index in [-0.39, 0.29) is 5.60 Å². The fourth-order valence-corrected chi connectivity index (χ4v) is 3.73. The van der Waals surface area contributed by atoms with E-state index in [1.165, 1.54) is 12.8 Å². The second kappa shape index (κ2) is 6.42. The monoisotopic (exact) mass is 280 g/mol. The zero-order chi connectivity index (χ0) is 14.6. The van der Waals surface area contributed by atoms with Gasteiger partial charge in [-0.1, -0.05) is 19.8 Å². The molecule has 2 fully saturated rings. The summed E-state index contributed by atoms with van der Waals surface area (Å²) in [6.07, 6.45) is 10.6. The van der Waals surface area contributed by atoms with Gasteiger partial charge < -0.3 is 9.84 Å². The zero-order valence-corrected chi connectivity index (χ0v) is 12.1. The molecule has 0 radical (unpaired) electrons. The fraction of sp³-hybridized carbons (Fsp3) is 0.750. The molecule has 0 heterocycles. The Morgan fingerprint density at radius 2 is 1.70 bits per heavy atom. The smallest absolute Gasteiger partial charge is 0.331 e. The van der Waals surface area contributed by atoms with Crippen LogP contribution in [0.3, 0.4) is 0 Å². The molecule has 20 heavy (non-hydrogen) atoms. The first-order chi connectivity index (χ1) is 9.52. The van der Waals surface area contributed by atoms with Crippen LogP contribution in [0.5, 0.6) is 0 Å². The van der Waals surface area contributed by atoms with Gasteiger partial charge in [-0.15, -0.1) is 0 Å². The third kappa shape index (κ3) is 3.62. The van der Waals surface area contributed by atoms with Crippen molar-refractivity contribution in [2.75, 3.05) is 0 Å². The SMILES string of the molecule is CC1CCC(C2(OC(=O)/C=C/C(=O)O)CCCC2)CC1. The summed E-state index contributed by atoms with van der Waals surface area (Å²) in [5.41, 5.74) is -0.333. The highest BCUT2D eigenvalue weighted by atomic mass is 16.6. The van der Waals surface area contributed by atoms with E-state index in [1.54, 1.807) is 0 Å². The highest BCUT2D eigenvalue weighted by Gasteiger charge is 2.45. The van der Waals surface area contributed by atoms with Crippen LogP contribution >= 0.6 is 0 Å². The first-order valence-electron chi connectivity index (χ1n) is 7.66. The summed E-state index contributed by atoms with van der Waals surface area (Å²) in [7, 11) is 0. The molecule has 0 saturated heterocycles. The summed E-state index contributed by atoms with van der Waals surface area (Å²) in [5, 5.41) is 8.57. The molecule has 0 aromatic heterocycles. The van der Waals surface area contributed by atoms with Gasteiger partial charge in [-0.25, -0.2) is 9.59 Å². The lowest BCUT2D eigenvalue weighted by molar-refractivity contribution is -0.161. The van der Waals surface area contributed by atoms with Crippen LogP contribution in [-0.4, -0.2) is 22.6 Å². The minimum absolute atomic E-state index is 0.333. The average molecular weight is 280 g/mol. The molecule has 0 unspecified atom stereocenters. The van der Waals surface area contributed by atoms with Crippen LogP contribution in [0.4, 0.5) is 0 Å². The number of rotatable bonds is 4. The molecule has 0 bridgehead atoms. The Morgan fingerprint density at radius 1 is 1.10 bits per heavy atom. The highest BCUT2D eigenvalue weighted by molar-refractivity contribution is 5.90. The molecular weight excluding hydrogens is 256 g/mol. The Labute approximate surface area is 120 Å². The van der Waals surface area contributed by atoms with Gasteiger partial charge in [0.05, 0.1) is 0 Å². The second-order valence-corrected chi connectivity index (χ2v) is 6.32. The molecule has 4 nitrogen and oxygen atoms in total. The van der Waals surface area contributed by atoms with Crippen molar-refractivity contribution in [3.8, 4) is 0 Å². The molecule has 2 aliphatic carbocycles. The number of esters is 1. The summed E-state index contributed by atoms with van der Waals surface area (Å²) < 4.78 is 5.74. The summed E-state index contributed by atoms with van der Waals surface area (Å²) in [5.74, 6) is -0.405. The maximum Gasteiger partial charge on any atom is 0.331 e. The summed E-state index contributed by atoms with van der Waals surface area (Å²) in [6, 6.07) is 0. The van der Waals surface area contributed by atoms with E-state index in [9.17, 15) is 9.59 Å². The molecule has 0 aromatic rings. The van der Waals surface area contributed by atoms with Crippen molar-refractivity contribution in [2.45, 2.75) is 63.9 Å². The minimum Gasteiger partial charge on any atom is -0.478 e. The van der Waals surface area contributed by atoms with Gasteiger partial charge in [0, 0.05) is 12.2 Å². The van der Waals surface area contributed by atoms with Crippen LogP contribution in [-0.2, 0) is 14.3 Å². The zero-order valence-electron chi connectivity index (χ0n) is 12.1. The molecular formula is C16H24O4. The van der Waals surface area contributed by atoms with Crippen LogP contribution in [0.1, 0.15) is 58.3 Å². The van der Waals surface area contributed by atoms with Crippen molar-refractivity contribution in [3.05, 3.63) is 12.2 Å². The number of carboxylic acid groups (broad SMARTS) is 1. The number of ether oxygens (including phenoxy) is 1. The fourth-order valence-electron chi connectivity index (χ4n) is 3.73. The topological polar surface area (TPSA) is 63.6 Å². The van der Waals surface area contributed by atoms with Crippen molar-refractivity contribution in [1.82, 2.24) is 0 Å². The lowest BCUT2D eigenvalue weighted by Gasteiger charge is -2.40. The molecule has 2 aliphatic rings. The van der Waals surface area contributed by atoms with Crippen LogP contribution in [0, 0.1) is 11.8 Å². The molecule has 0 spiro atoms. The Morgan fingerprint density at radius 3 is 2.25 bits per heavy atom. The van der Waals surface area contributed by atoms with Gasteiger partial charge in [0.25, 0.3) is 0 Å². The molecule has 2 saturated carbocycles. The molecule has 0 amide bonds. The predicted molar refractivity (Wildman–Crippen MR) is 75.2 cm³/mol. The van der Waals surface area contributed by atoms with Gasteiger partial charge in [0.2, 0.25) is 0 Å². The van der Waals surface area contributed by atoms with E-state index < -0.39 is 11.9 Å². The maximum absolute atomic E-state index is 11.8. The van der Waals surface area contributed by atoms with Crippen molar-refractivity contribution in [1.29, 1.82) is 0 Å². The predicted octanol–water partition coefficient (Wildman–Crippen LogP) is 3.31. The van der Waals surface area contributed by atoms with Gasteiger partial charge >= 0.3 is 11.9 Å². The lowest BCUT2D eigenvalue weighted by atomic mass is 9.73. The standard InChI is InChI=1S/C16H24O4/c1-12-4-6-13(7-5-12)16(10-2-3-11-16)20-15(19)9-8-14(17)18/h8-9,12-13H,2-7,10-11H2,1H3,(H,17,18)/b9-8+. The van der Waals surface area contributed by atoms with E-state index >= 15 is 0 Å². The highest BCUT2D eigenvalue weighted by Crippen LogP contribution is 2.46. The molecule has 2 rings (SSSR count). The van der Waals surface area contributed by atoms with Gasteiger partial charge in [0.1, 0.15) is 5.60 Å². The number of hydrogen-bond acceptors (Lipinski definition) is 3. The minimum atomic E-state index is -1.12. The summed E-state index contributed by atoms with van der Waals surface area (Å²) >= 11 is 0. The normalized spacial score (nSPS) is 29.4. The van der Waals surface area contributed by atoms with Crippen LogP contribution < -0.4 is 0 Å². The average Bonchev–Trinajstić information content (AvgIpc) is 2.87.